The van der Waals surface area contributed by atoms with Crippen molar-refractivity contribution in [2.24, 2.45) is 0 Å². The molecular formula is C20H16BrClN6O2. The smallest absolute Gasteiger partial charge is 0.292 e. The van der Waals surface area contributed by atoms with Gasteiger partial charge < -0.3 is 11.5 Å². The summed E-state index contributed by atoms with van der Waals surface area (Å²) in [4.78, 5) is 23.4. The number of hydrogen-bond acceptors (Lipinski definition) is 6. The van der Waals surface area contributed by atoms with Crippen molar-refractivity contribution < 1.29 is 0 Å². The van der Waals surface area contributed by atoms with Crippen LogP contribution in [-0.2, 0) is 0 Å². The van der Waals surface area contributed by atoms with Crippen molar-refractivity contribution in [2.75, 3.05) is 11.5 Å². The molecule has 0 spiro atoms. The first-order valence-corrected chi connectivity index (χ1v) is 9.74. The maximum absolute atomic E-state index is 11.8. The van der Waals surface area contributed by atoms with Crippen LogP contribution in [0.15, 0.2) is 87.1 Å². The van der Waals surface area contributed by atoms with Crippen LogP contribution in [-0.4, -0.2) is 19.6 Å². The van der Waals surface area contributed by atoms with Crippen molar-refractivity contribution >= 4 is 38.9 Å². The van der Waals surface area contributed by atoms with E-state index in [1.165, 1.54) is 21.8 Å². The van der Waals surface area contributed by atoms with Gasteiger partial charge in [-0.25, -0.2) is 0 Å². The van der Waals surface area contributed by atoms with Crippen LogP contribution in [0.25, 0.3) is 11.4 Å². The molecule has 0 bridgehead atoms. The minimum atomic E-state index is -0.414. The molecular weight excluding hydrogens is 472 g/mol. The molecule has 0 radical (unpaired) electrons. The zero-order valence-electron chi connectivity index (χ0n) is 15.4. The molecule has 0 aliphatic carbocycles. The Morgan fingerprint density at radius 1 is 0.733 bits per heavy atom. The number of nitrogens with two attached hydrogens (primary N) is 2. The Morgan fingerprint density at radius 3 is 1.67 bits per heavy atom. The van der Waals surface area contributed by atoms with E-state index in [2.05, 4.69) is 26.1 Å². The highest BCUT2D eigenvalue weighted by molar-refractivity contribution is 9.10. The largest absolute Gasteiger partial charge is 0.396 e. The maximum Gasteiger partial charge on any atom is 0.292 e. The second kappa shape index (κ2) is 9.38. The molecule has 0 fully saturated rings. The number of hydrogen-bond donors (Lipinski definition) is 2. The Hall–Kier alpha value is -3.43. The van der Waals surface area contributed by atoms with Gasteiger partial charge in [0.15, 0.2) is 0 Å². The second-order valence-corrected chi connectivity index (χ2v) is 7.10. The summed E-state index contributed by atoms with van der Waals surface area (Å²) in [6.07, 6.45) is 2.80. The molecule has 0 aliphatic rings. The van der Waals surface area contributed by atoms with Crippen molar-refractivity contribution in [1.29, 1.82) is 0 Å². The SMILES string of the molecule is Nc1cnn(-c2ccccc2)c(=O)c1Br.Nc1cnn(-c2ccccc2)c(=O)c1Cl. The lowest BCUT2D eigenvalue weighted by Gasteiger charge is -2.05. The van der Waals surface area contributed by atoms with Gasteiger partial charge in [-0.2, -0.15) is 19.6 Å². The third kappa shape index (κ3) is 4.58. The van der Waals surface area contributed by atoms with E-state index in [0.717, 1.165) is 0 Å². The van der Waals surface area contributed by atoms with E-state index in [9.17, 15) is 9.59 Å². The highest BCUT2D eigenvalue weighted by Crippen LogP contribution is 2.13. The van der Waals surface area contributed by atoms with Crippen LogP contribution in [0.3, 0.4) is 0 Å². The molecule has 10 heteroatoms. The number of halogens is 2. The Balaban J connectivity index is 0.000000171. The molecule has 4 N–H and O–H groups in total. The normalized spacial score (nSPS) is 10.2. The summed E-state index contributed by atoms with van der Waals surface area (Å²) >= 11 is 8.86. The Kier molecular flexibility index (Phi) is 6.65. The van der Waals surface area contributed by atoms with Crippen LogP contribution in [0, 0.1) is 0 Å². The van der Waals surface area contributed by atoms with E-state index in [1.54, 1.807) is 24.3 Å². The first kappa shape index (κ1) is 21.3. The predicted molar refractivity (Wildman–Crippen MR) is 121 cm³/mol. The lowest BCUT2D eigenvalue weighted by molar-refractivity contribution is 0.803. The van der Waals surface area contributed by atoms with Gasteiger partial charge in [0.2, 0.25) is 0 Å². The zero-order chi connectivity index (χ0) is 21.7. The van der Waals surface area contributed by atoms with E-state index in [-0.39, 0.29) is 16.3 Å². The molecule has 4 rings (SSSR count). The summed E-state index contributed by atoms with van der Waals surface area (Å²) in [5.41, 5.74) is 12.2. The fourth-order valence-corrected chi connectivity index (χ4v) is 2.80. The van der Waals surface area contributed by atoms with Crippen molar-refractivity contribution in [2.45, 2.75) is 0 Å². The lowest BCUT2D eigenvalue weighted by atomic mass is 10.3. The van der Waals surface area contributed by atoms with E-state index in [4.69, 9.17) is 23.1 Å². The maximum atomic E-state index is 11.8. The first-order valence-electron chi connectivity index (χ1n) is 8.57. The number of rotatable bonds is 2. The van der Waals surface area contributed by atoms with Gasteiger partial charge in [0.1, 0.15) is 9.50 Å². The summed E-state index contributed by atoms with van der Waals surface area (Å²) in [5, 5.41) is 7.86. The fourth-order valence-electron chi connectivity index (χ4n) is 2.40. The Bertz CT molecular complexity index is 1180. The summed E-state index contributed by atoms with van der Waals surface area (Å²) in [5.74, 6) is 0. The molecule has 8 nitrogen and oxygen atoms in total. The Labute approximate surface area is 184 Å². The highest BCUT2D eigenvalue weighted by Gasteiger charge is 2.08. The Morgan fingerprint density at radius 2 is 1.17 bits per heavy atom. The molecule has 0 atom stereocenters. The van der Waals surface area contributed by atoms with Gasteiger partial charge in [0.25, 0.3) is 11.1 Å². The number of para-hydroxylation sites is 2. The van der Waals surface area contributed by atoms with Gasteiger partial charge in [-0.3, -0.25) is 9.59 Å². The van der Waals surface area contributed by atoms with Gasteiger partial charge in [-0.05, 0) is 40.2 Å². The van der Waals surface area contributed by atoms with Crippen LogP contribution in [0.2, 0.25) is 5.02 Å². The molecule has 4 aromatic rings. The van der Waals surface area contributed by atoms with Crippen molar-refractivity contribution in [3.8, 4) is 11.4 Å². The lowest BCUT2D eigenvalue weighted by Crippen LogP contribution is -2.22. The van der Waals surface area contributed by atoms with Crippen LogP contribution >= 0.6 is 27.5 Å². The van der Waals surface area contributed by atoms with Crippen molar-refractivity contribution in [3.05, 3.63) is 103 Å². The number of nitrogen functional groups attached to an aromatic ring is 2. The number of benzene rings is 2. The fraction of sp³-hybridized carbons (Fsp3) is 0. The van der Waals surface area contributed by atoms with Gasteiger partial charge in [0, 0.05) is 0 Å². The molecule has 0 aliphatic heterocycles. The summed E-state index contributed by atoms with van der Waals surface area (Å²) < 4.78 is 2.83. The van der Waals surface area contributed by atoms with Crippen molar-refractivity contribution in [1.82, 2.24) is 19.6 Å². The van der Waals surface area contributed by atoms with Crippen LogP contribution in [0.4, 0.5) is 11.4 Å². The van der Waals surface area contributed by atoms with E-state index in [1.807, 2.05) is 36.4 Å². The third-order valence-electron chi connectivity index (χ3n) is 3.89. The van der Waals surface area contributed by atoms with Crippen LogP contribution < -0.4 is 22.6 Å². The number of nitrogens with zero attached hydrogens (tertiary/aromatic N) is 4. The summed E-state index contributed by atoms with van der Waals surface area (Å²) in [7, 11) is 0. The molecule has 30 heavy (non-hydrogen) atoms. The number of anilines is 2. The minimum absolute atomic E-state index is 0.00569. The highest BCUT2D eigenvalue weighted by atomic mass is 79.9. The number of aromatic nitrogens is 4. The molecule has 0 saturated heterocycles. The quantitative estimate of drug-likeness (QED) is 0.448. The molecule has 2 aromatic heterocycles. The molecule has 0 saturated carbocycles. The topological polar surface area (TPSA) is 122 Å². The standard InChI is InChI=1S/C10H8BrN3O.C10H8ClN3O/c2*11-9-8(12)6-13-14(10(9)15)7-4-2-1-3-5-7/h2*1-6H,12H2. The molecule has 2 heterocycles. The third-order valence-corrected chi connectivity index (χ3v) is 5.07. The first-order chi connectivity index (χ1) is 14.4. The van der Waals surface area contributed by atoms with Crippen molar-refractivity contribution in [3.63, 3.8) is 0 Å². The van der Waals surface area contributed by atoms with Gasteiger partial charge in [-0.15, -0.1) is 0 Å². The van der Waals surface area contributed by atoms with E-state index < -0.39 is 5.56 Å². The molecule has 0 amide bonds. The van der Waals surface area contributed by atoms with Gasteiger partial charge in [0.05, 0.1) is 35.1 Å². The average Bonchev–Trinajstić information content (AvgIpc) is 2.78. The van der Waals surface area contributed by atoms with Gasteiger partial charge in [-0.1, -0.05) is 48.0 Å². The van der Waals surface area contributed by atoms with E-state index >= 15 is 0 Å². The minimum Gasteiger partial charge on any atom is -0.396 e. The average molecular weight is 488 g/mol. The summed E-state index contributed by atoms with van der Waals surface area (Å²) in [6.45, 7) is 0. The van der Waals surface area contributed by atoms with Crippen LogP contribution in [0.5, 0.6) is 0 Å². The monoisotopic (exact) mass is 486 g/mol. The van der Waals surface area contributed by atoms with Crippen LogP contribution in [0.1, 0.15) is 0 Å². The molecule has 152 valence electrons. The summed E-state index contributed by atoms with van der Waals surface area (Å²) in [6, 6.07) is 18.2. The second-order valence-electron chi connectivity index (χ2n) is 5.93. The molecule has 0 unspecified atom stereocenters. The van der Waals surface area contributed by atoms with Gasteiger partial charge >= 0.3 is 0 Å². The molecule has 2 aromatic carbocycles. The van der Waals surface area contributed by atoms with E-state index in [0.29, 0.717) is 21.5 Å². The zero-order valence-corrected chi connectivity index (χ0v) is 17.8. The predicted octanol–water partition coefficient (Wildman–Crippen LogP) is 3.05.